The van der Waals surface area contributed by atoms with Crippen LogP contribution in [-0.2, 0) is 0 Å². The standard InChI is InChI=1S/C8H10N6O4/c9-6(10)12-8(17)14-13-7(16)11-5(15)4-2-1-3-18-4/h1-3H,(H2,11,13,15,16)(H5,9,10,12,14,17). The van der Waals surface area contributed by atoms with Gasteiger partial charge < -0.3 is 15.9 Å². The molecule has 0 aliphatic carbocycles. The third-order valence-electron chi connectivity index (χ3n) is 1.49. The summed E-state index contributed by atoms with van der Waals surface area (Å²) in [4.78, 5) is 36.3. The second kappa shape index (κ2) is 5.89. The number of amides is 5. The van der Waals surface area contributed by atoms with Crippen LogP contribution in [0.5, 0.6) is 0 Å². The minimum atomic E-state index is -0.990. The second-order valence-electron chi connectivity index (χ2n) is 2.85. The lowest BCUT2D eigenvalue weighted by molar-refractivity contribution is 0.0935. The Morgan fingerprint density at radius 3 is 2.50 bits per heavy atom. The van der Waals surface area contributed by atoms with Gasteiger partial charge in [-0.25, -0.2) is 20.4 Å². The van der Waals surface area contributed by atoms with Crippen LogP contribution in [0.25, 0.3) is 0 Å². The number of hydrogen-bond acceptors (Lipinski definition) is 4. The molecule has 7 N–H and O–H groups in total. The zero-order valence-corrected chi connectivity index (χ0v) is 8.97. The van der Waals surface area contributed by atoms with Crippen molar-refractivity contribution in [1.29, 1.82) is 0 Å². The Kier molecular flexibility index (Phi) is 4.26. The first-order valence-electron chi connectivity index (χ1n) is 4.53. The number of carbonyl (C=O) groups excluding carboxylic acids is 3. The summed E-state index contributed by atoms with van der Waals surface area (Å²) in [6.07, 6.45) is 1.27. The van der Waals surface area contributed by atoms with Crippen molar-refractivity contribution in [2.24, 2.45) is 16.5 Å². The van der Waals surface area contributed by atoms with Crippen LogP contribution in [0.2, 0.25) is 0 Å². The lowest BCUT2D eigenvalue weighted by Gasteiger charge is -2.04. The normalized spacial score (nSPS) is 9.11. The molecular weight excluding hydrogens is 244 g/mol. The molecule has 96 valence electrons. The number of furan rings is 1. The topological polar surface area (TPSA) is 165 Å². The van der Waals surface area contributed by atoms with Crippen molar-refractivity contribution in [3.8, 4) is 0 Å². The number of aliphatic imine (C=N–C) groups is 1. The fourth-order valence-corrected chi connectivity index (χ4v) is 0.859. The Morgan fingerprint density at radius 2 is 1.94 bits per heavy atom. The van der Waals surface area contributed by atoms with E-state index in [2.05, 4.69) is 4.99 Å². The number of imide groups is 1. The number of hydrazine groups is 1. The smallest absolute Gasteiger partial charge is 0.362 e. The van der Waals surface area contributed by atoms with Gasteiger partial charge in [0.15, 0.2) is 11.7 Å². The van der Waals surface area contributed by atoms with E-state index in [0.717, 1.165) is 0 Å². The van der Waals surface area contributed by atoms with Crippen molar-refractivity contribution in [2.75, 3.05) is 0 Å². The molecule has 1 aromatic rings. The quantitative estimate of drug-likeness (QED) is 0.235. The molecule has 10 heteroatoms. The van der Waals surface area contributed by atoms with Gasteiger partial charge in [-0.2, -0.15) is 4.99 Å². The van der Waals surface area contributed by atoms with E-state index in [-0.39, 0.29) is 5.76 Å². The summed E-state index contributed by atoms with van der Waals surface area (Å²) >= 11 is 0. The molecule has 0 atom stereocenters. The van der Waals surface area contributed by atoms with Crippen molar-refractivity contribution in [3.63, 3.8) is 0 Å². The summed E-state index contributed by atoms with van der Waals surface area (Å²) in [5.74, 6) is -1.30. The van der Waals surface area contributed by atoms with Gasteiger partial charge in [-0.05, 0) is 12.1 Å². The summed E-state index contributed by atoms with van der Waals surface area (Å²) < 4.78 is 4.74. The van der Waals surface area contributed by atoms with Crippen molar-refractivity contribution in [3.05, 3.63) is 24.2 Å². The minimum absolute atomic E-state index is 0.0549. The Balaban J connectivity index is 2.37. The molecule has 10 nitrogen and oxygen atoms in total. The van der Waals surface area contributed by atoms with Gasteiger partial charge >= 0.3 is 12.1 Å². The van der Waals surface area contributed by atoms with Gasteiger partial charge in [0, 0.05) is 0 Å². The molecule has 1 heterocycles. The van der Waals surface area contributed by atoms with E-state index in [1.165, 1.54) is 18.4 Å². The van der Waals surface area contributed by atoms with Gasteiger partial charge in [-0.3, -0.25) is 10.1 Å². The number of nitrogens with zero attached hydrogens (tertiary/aromatic N) is 1. The highest BCUT2D eigenvalue weighted by Crippen LogP contribution is 1.98. The molecule has 0 aliphatic heterocycles. The second-order valence-corrected chi connectivity index (χ2v) is 2.85. The SMILES string of the molecule is NC(N)=NC(=O)NNC(=O)NC(=O)c1ccco1. The summed E-state index contributed by atoms with van der Waals surface area (Å²) in [5, 5.41) is 1.88. The number of guanidine groups is 1. The van der Waals surface area contributed by atoms with Crippen LogP contribution in [0.15, 0.2) is 27.8 Å². The predicted molar refractivity (Wildman–Crippen MR) is 59.0 cm³/mol. The van der Waals surface area contributed by atoms with Gasteiger partial charge in [0.05, 0.1) is 6.26 Å². The Labute approximate surface area is 100 Å². The summed E-state index contributed by atoms with van der Waals surface area (Å²) in [6, 6.07) is 0.875. The average Bonchev–Trinajstić information content (AvgIpc) is 2.78. The maximum atomic E-state index is 11.3. The first-order chi connectivity index (χ1) is 8.49. The molecule has 18 heavy (non-hydrogen) atoms. The summed E-state index contributed by atoms with van der Waals surface area (Å²) in [7, 11) is 0. The molecule has 0 fully saturated rings. The molecule has 0 spiro atoms. The Hall–Kier alpha value is -3.04. The van der Waals surface area contributed by atoms with Crippen LogP contribution < -0.4 is 27.6 Å². The number of nitrogens with two attached hydrogens (primary N) is 2. The number of rotatable bonds is 1. The van der Waals surface area contributed by atoms with Gasteiger partial charge in [-0.15, -0.1) is 0 Å². The van der Waals surface area contributed by atoms with Crippen LogP contribution in [-0.4, -0.2) is 23.9 Å². The Bertz CT molecular complexity index is 476. The minimum Gasteiger partial charge on any atom is -0.459 e. The van der Waals surface area contributed by atoms with Crippen molar-refractivity contribution in [2.45, 2.75) is 0 Å². The van der Waals surface area contributed by atoms with E-state index in [9.17, 15) is 14.4 Å². The van der Waals surface area contributed by atoms with Crippen molar-refractivity contribution >= 4 is 23.9 Å². The van der Waals surface area contributed by atoms with Crippen molar-refractivity contribution < 1.29 is 18.8 Å². The molecule has 0 saturated carbocycles. The maximum Gasteiger partial charge on any atom is 0.362 e. The average molecular weight is 254 g/mol. The van der Waals surface area contributed by atoms with Gasteiger partial charge in [0.1, 0.15) is 0 Å². The van der Waals surface area contributed by atoms with E-state index < -0.39 is 23.9 Å². The molecule has 0 saturated heterocycles. The zero-order valence-electron chi connectivity index (χ0n) is 8.97. The highest BCUT2D eigenvalue weighted by atomic mass is 16.3. The molecule has 0 unspecified atom stereocenters. The fraction of sp³-hybridized carbons (Fsp3) is 0. The monoisotopic (exact) mass is 254 g/mol. The number of nitrogens with one attached hydrogen (secondary N) is 3. The van der Waals surface area contributed by atoms with Crippen LogP contribution in [0.4, 0.5) is 9.59 Å². The van der Waals surface area contributed by atoms with E-state index in [4.69, 9.17) is 15.9 Å². The highest BCUT2D eigenvalue weighted by Gasteiger charge is 2.12. The van der Waals surface area contributed by atoms with E-state index in [1.807, 2.05) is 16.2 Å². The third-order valence-corrected chi connectivity index (χ3v) is 1.49. The van der Waals surface area contributed by atoms with Crippen LogP contribution in [0.3, 0.4) is 0 Å². The zero-order chi connectivity index (χ0) is 13.5. The van der Waals surface area contributed by atoms with E-state index in [1.54, 1.807) is 0 Å². The van der Waals surface area contributed by atoms with Crippen LogP contribution >= 0.6 is 0 Å². The van der Waals surface area contributed by atoms with Gasteiger partial charge in [-0.1, -0.05) is 0 Å². The van der Waals surface area contributed by atoms with Crippen molar-refractivity contribution in [1.82, 2.24) is 16.2 Å². The molecule has 0 aliphatic rings. The molecule has 0 aromatic carbocycles. The van der Waals surface area contributed by atoms with Crippen LogP contribution in [0.1, 0.15) is 10.6 Å². The molecule has 1 rings (SSSR count). The Morgan fingerprint density at radius 1 is 1.22 bits per heavy atom. The number of carbonyl (C=O) groups is 3. The van der Waals surface area contributed by atoms with E-state index >= 15 is 0 Å². The van der Waals surface area contributed by atoms with Gasteiger partial charge in [0.25, 0.3) is 5.91 Å². The molecule has 0 bridgehead atoms. The molecule has 0 radical (unpaired) electrons. The number of urea groups is 2. The maximum absolute atomic E-state index is 11.3. The molecule has 5 amide bonds. The van der Waals surface area contributed by atoms with Gasteiger partial charge in [0.2, 0.25) is 0 Å². The highest BCUT2D eigenvalue weighted by molar-refractivity contribution is 6.02. The number of hydrogen-bond donors (Lipinski definition) is 5. The molecule has 1 aromatic heterocycles. The lowest BCUT2D eigenvalue weighted by atomic mass is 10.4. The lowest BCUT2D eigenvalue weighted by Crippen LogP contribution is -2.48. The largest absolute Gasteiger partial charge is 0.459 e. The fourth-order valence-electron chi connectivity index (χ4n) is 0.859. The summed E-state index contributed by atoms with van der Waals surface area (Å²) in [6.45, 7) is 0. The summed E-state index contributed by atoms with van der Waals surface area (Å²) in [5.41, 5.74) is 13.5. The first-order valence-corrected chi connectivity index (χ1v) is 4.53. The first kappa shape index (κ1) is 13.0. The van der Waals surface area contributed by atoms with E-state index in [0.29, 0.717) is 0 Å². The third kappa shape index (κ3) is 4.22. The predicted octanol–water partition coefficient (Wildman–Crippen LogP) is -1.38. The van der Waals surface area contributed by atoms with Crippen LogP contribution in [0, 0.1) is 0 Å². The molecular formula is C8H10N6O4.